The summed E-state index contributed by atoms with van der Waals surface area (Å²) < 4.78 is 5.88. The number of pyridine rings is 1. The highest BCUT2D eigenvalue weighted by Crippen LogP contribution is 2.25. The molecule has 0 radical (unpaired) electrons. The maximum Gasteiger partial charge on any atom is 0.219 e. The van der Waals surface area contributed by atoms with Gasteiger partial charge in [-0.2, -0.15) is 0 Å². The van der Waals surface area contributed by atoms with Crippen LogP contribution in [0, 0.1) is 5.92 Å². The number of nitrogens with zero attached hydrogens (tertiary/aromatic N) is 1. The van der Waals surface area contributed by atoms with Gasteiger partial charge in [0.25, 0.3) is 0 Å². The summed E-state index contributed by atoms with van der Waals surface area (Å²) >= 11 is 0. The van der Waals surface area contributed by atoms with E-state index in [2.05, 4.69) is 47.7 Å². The van der Waals surface area contributed by atoms with Crippen LogP contribution in [0.1, 0.15) is 56.7 Å². The molecule has 1 aromatic heterocycles. The molecule has 0 spiro atoms. The molecule has 1 saturated heterocycles. The Bertz CT molecular complexity index is 646. The Morgan fingerprint density at radius 2 is 2.00 bits per heavy atom. The molecule has 4 nitrogen and oxygen atoms in total. The number of hydrogen-bond donors (Lipinski definition) is 2. The third kappa shape index (κ3) is 5.82. The third-order valence-electron chi connectivity index (χ3n) is 4.85. The van der Waals surface area contributed by atoms with Crippen LogP contribution in [0.25, 0.3) is 0 Å². The molecule has 1 atom stereocenters. The van der Waals surface area contributed by atoms with Crippen molar-refractivity contribution in [2.24, 2.45) is 5.92 Å². The summed E-state index contributed by atoms with van der Waals surface area (Å²) in [6, 6.07) is 12.8. The number of benzene rings is 1. The summed E-state index contributed by atoms with van der Waals surface area (Å²) in [5.74, 6) is 2.21. The standard InChI is InChI=1S/C22H31N3O/c1-17(2)12-14-23-15-18-6-9-20(10-7-18)26-22-11-8-19(16-25-22)21-5-3-4-13-24-21/h6-11,16-17,21,23-24H,3-5,12-15H2,1-2H3. The van der Waals surface area contributed by atoms with Gasteiger partial charge in [-0.25, -0.2) is 4.98 Å². The molecular formula is C22H31N3O. The number of nitrogens with one attached hydrogen (secondary N) is 2. The first-order valence-corrected chi connectivity index (χ1v) is 9.87. The topological polar surface area (TPSA) is 46.2 Å². The fourth-order valence-corrected chi connectivity index (χ4v) is 3.21. The summed E-state index contributed by atoms with van der Waals surface area (Å²) in [5.41, 5.74) is 2.52. The SMILES string of the molecule is CC(C)CCNCc1ccc(Oc2ccc(C3CCCCN3)cn2)cc1. The molecule has 1 fully saturated rings. The van der Waals surface area contributed by atoms with Crippen LogP contribution in [0.15, 0.2) is 42.6 Å². The van der Waals surface area contributed by atoms with Crippen LogP contribution < -0.4 is 15.4 Å². The van der Waals surface area contributed by atoms with Crippen LogP contribution >= 0.6 is 0 Å². The van der Waals surface area contributed by atoms with Gasteiger partial charge in [0.1, 0.15) is 5.75 Å². The monoisotopic (exact) mass is 353 g/mol. The number of aromatic nitrogens is 1. The average molecular weight is 354 g/mol. The van der Waals surface area contributed by atoms with Crippen molar-refractivity contribution in [3.63, 3.8) is 0 Å². The molecule has 0 aliphatic carbocycles. The number of hydrogen-bond acceptors (Lipinski definition) is 4. The summed E-state index contributed by atoms with van der Waals surface area (Å²) in [5, 5.41) is 7.03. The first kappa shape index (κ1) is 18.9. The van der Waals surface area contributed by atoms with Gasteiger partial charge in [0.05, 0.1) is 0 Å². The van der Waals surface area contributed by atoms with Crippen LogP contribution in [0.2, 0.25) is 0 Å². The lowest BCUT2D eigenvalue weighted by atomic mass is 9.99. The molecule has 1 aliphatic rings. The zero-order valence-electron chi connectivity index (χ0n) is 16.0. The normalized spacial score (nSPS) is 17.4. The van der Waals surface area contributed by atoms with Gasteiger partial charge >= 0.3 is 0 Å². The molecule has 1 aromatic carbocycles. The fourth-order valence-electron chi connectivity index (χ4n) is 3.21. The van der Waals surface area contributed by atoms with Crippen molar-refractivity contribution < 1.29 is 4.74 Å². The van der Waals surface area contributed by atoms with E-state index in [-0.39, 0.29) is 0 Å². The molecule has 1 aliphatic heterocycles. The average Bonchev–Trinajstić information content (AvgIpc) is 2.68. The molecule has 0 amide bonds. The molecule has 140 valence electrons. The second-order valence-electron chi connectivity index (χ2n) is 7.54. The minimum Gasteiger partial charge on any atom is -0.439 e. The van der Waals surface area contributed by atoms with E-state index in [0.29, 0.717) is 11.9 Å². The summed E-state index contributed by atoms with van der Waals surface area (Å²) in [7, 11) is 0. The molecule has 2 heterocycles. The lowest BCUT2D eigenvalue weighted by Gasteiger charge is -2.23. The molecule has 3 rings (SSSR count). The number of ether oxygens (including phenoxy) is 1. The Balaban J connectivity index is 1.49. The van der Waals surface area contributed by atoms with E-state index in [4.69, 9.17) is 4.74 Å². The highest BCUT2D eigenvalue weighted by atomic mass is 16.5. The van der Waals surface area contributed by atoms with Gasteiger partial charge in [0.2, 0.25) is 5.88 Å². The minimum absolute atomic E-state index is 0.438. The third-order valence-corrected chi connectivity index (χ3v) is 4.85. The molecule has 1 unspecified atom stereocenters. The van der Waals surface area contributed by atoms with E-state index in [0.717, 1.165) is 31.3 Å². The Kier molecular flexibility index (Phi) is 7.04. The minimum atomic E-state index is 0.438. The Labute approximate surface area is 157 Å². The zero-order valence-corrected chi connectivity index (χ0v) is 16.0. The smallest absolute Gasteiger partial charge is 0.219 e. The van der Waals surface area contributed by atoms with E-state index < -0.39 is 0 Å². The van der Waals surface area contributed by atoms with Crippen molar-refractivity contribution in [3.05, 3.63) is 53.7 Å². The van der Waals surface area contributed by atoms with Crippen molar-refractivity contribution in [1.82, 2.24) is 15.6 Å². The molecule has 4 heteroatoms. The van der Waals surface area contributed by atoms with Gasteiger partial charge in [-0.15, -0.1) is 0 Å². The van der Waals surface area contributed by atoms with Crippen molar-refractivity contribution in [3.8, 4) is 11.6 Å². The highest BCUT2D eigenvalue weighted by molar-refractivity contribution is 5.31. The van der Waals surface area contributed by atoms with Crippen LogP contribution in [0.4, 0.5) is 0 Å². The predicted molar refractivity (Wildman–Crippen MR) is 107 cm³/mol. The van der Waals surface area contributed by atoms with E-state index in [9.17, 15) is 0 Å². The quantitative estimate of drug-likeness (QED) is 0.668. The largest absolute Gasteiger partial charge is 0.439 e. The van der Waals surface area contributed by atoms with Crippen LogP contribution in [0.5, 0.6) is 11.6 Å². The summed E-state index contributed by atoms with van der Waals surface area (Å²) in [4.78, 5) is 4.47. The van der Waals surface area contributed by atoms with Crippen LogP contribution in [-0.2, 0) is 6.54 Å². The summed E-state index contributed by atoms with van der Waals surface area (Å²) in [6.45, 7) is 7.55. The van der Waals surface area contributed by atoms with E-state index in [1.165, 1.54) is 36.8 Å². The van der Waals surface area contributed by atoms with Gasteiger partial charge in [0, 0.05) is 24.8 Å². The second-order valence-corrected chi connectivity index (χ2v) is 7.54. The lowest BCUT2D eigenvalue weighted by Crippen LogP contribution is -2.26. The maximum atomic E-state index is 5.88. The first-order valence-electron chi connectivity index (χ1n) is 9.87. The van der Waals surface area contributed by atoms with Gasteiger partial charge < -0.3 is 15.4 Å². The van der Waals surface area contributed by atoms with Crippen LogP contribution in [0.3, 0.4) is 0 Å². The number of rotatable bonds is 8. The molecule has 2 N–H and O–H groups in total. The Morgan fingerprint density at radius 1 is 1.15 bits per heavy atom. The molecule has 0 bridgehead atoms. The van der Waals surface area contributed by atoms with Crippen molar-refractivity contribution in [1.29, 1.82) is 0 Å². The maximum absolute atomic E-state index is 5.88. The van der Waals surface area contributed by atoms with Gasteiger partial charge in [-0.3, -0.25) is 0 Å². The van der Waals surface area contributed by atoms with E-state index in [1.54, 1.807) is 0 Å². The fraction of sp³-hybridized carbons (Fsp3) is 0.500. The van der Waals surface area contributed by atoms with Gasteiger partial charge in [-0.1, -0.05) is 38.5 Å². The van der Waals surface area contributed by atoms with Gasteiger partial charge in [0.15, 0.2) is 0 Å². The molecule has 0 saturated carbocycles. The zero-order chi connectivity index (χ0) is 18.2. The lowest BCUT2D eigenvalue weighted by molar-refractivity contribution is 0.409. The second kappa shape index (κ2) is 9.70. The Hall–Kier alpha value is -1.91. The highest BCUT2D eigenvalue weighted by Gasteiger charge is 2.14. The predicted octanol–water partition coefficient (Wildman–Crippen LogP) is 4.82. The van der Waals surface area contributed by atoms with Crippen molar-refractivity contribution in [2.45, 2.75) is 52.1 Å². The Morgan fingerprint density at radius 3 is 2.65 bits per heavy atom. The van der Waals surface area contributed by atoms with Crippen molar-refractivity contribution in [2.75, 3.05) is 13.1 Å². The summed E-state index contributed by atoms with van der Waals surface area (Å²) in [6.07, 6.45) is 6.89. The van der Waals surface area contributed by atoms with E-state index >= 15 is 0 Å². The van der Waals surface area contributed by atoms with E-state index in [1.807, 2.05) is 24.4 Å². The van der Waals surface area contributed by atoms with Crippen molar-refractivity contribution >= 4 is 0 Å². The molecule has 26 heavy (non-hydrogen) atoms. The molecular weight excluding hydrogens is 322 g/mol. The van der Waals surface area contributed by atoms with Crippen LogP contribution in [-0.4, -0.2) is 18.1 Å². The van der Waals surface area contributed by atoms with Gasteiger partial charge in [-0.05, 0) is 61.5 Å². The molecule has 2 aromatic rings. The first-order chi connectivity index (χ1) is 12.7. The number of piperidine rings is 1.